The Morgan fingerprint density at radius 3 is 0.662 bits per heavy atom. The minimum atomic E-state index is 0. The number of benzene rings is 8. The molecule has 8 aromatic carbocycles. The van der Waals surface area contributed by atoms with Crippen LogP contribution in [0, 0.1) is 0 Å². The van der Waals surface area contributed by atoms with Crippen molar-refractivity contribution >= 4 is 43.6 Å². The first kappa shape index (κ1) is 38.7. The minimum absolute atomic E-state index is 0. The largest absolute Gasteiger partial charge is 2.00 e. The molecule has 0 saturated carbocycles. The summed E-state index contributed by atoms with van der Waals surface area (Å²) in [5.74, 6) is 0. The van der Waals surface area contributed by atoms with Crippen molar-refractivity contribution in [3.05, 3.63) is 218 Å². The predicted octanol–water partition coefficient (Wildman–Crippen LogP) is 16.0. The molecule has 5 heteroatoms. The zero-order valence-electron chi connectivity index (χ0n) is 35.4. The molecule has 0 radical (unpaired) electrons. The van der Waals surface area contributed by atoms with Gasteiger partial charge in [-0.3, -0.25) is 0 Å². The third-order valence-electron chi connectivity index (χ3n) is 13.0. The zero-order valence-corrected chi connectivity index (χ0v) is 38.4. The summed E-state index contributed by atoms with van der Waals surface area (Å²) in [5.41, 5.74) is 20.5. The molecule has 2 aliphatic heterocycles. The number of nitrogens with zero attached hydrogens (tertiary/aromatic N) is 2. The van der Waals surface area contributed by atoms with Gasteiger partial charge in [0.2, 0.25) is 0 Å². The van der Waals surface area contributed by atoms with Crippen molar-refractivity contribution in [1.29, 1.82) is 0 Å². The van der Waals surface area contributed by atoms with E-state index in [9.17, 15) is 0 Å². The Labute approximate surface area is 388 Å². The van der Waals surface area contributed by atoms with E-state index in [1.54, 1.807) is 0 Å². The predicted molar refractivity (Wildman–Crippen MR) is 267 cm³/mol. The van der Waals surface area contributed by atoms with Gasteiger partial charge in [0.15, 0.2) is 0 Å². The number of H-pyrrole nitrogens is 2. The standard InChI is InChI=1S/C60H38N4.Zn/c1-5-21-37(22-6-1)49-53-41-29-13-15-31-43(41)55(61-53)50(38-23-7-2-8-24-38)57-45-33-17-19-35-47(45)59(63-57)52(40-27-11-4-12-28-40)60-48-36-20-18-34-46(48)58(64-60)51(39-25-9-3-10-26-39)56-44-32-16-14-30-42(44)54(49)62-56;/h1-36,61,64H;/q;+2. The molecule has 0 saturated heterocycles. The van der Waals surface area contributed by atoms with E-state index in [2.05, 4.69) is 228 Å². The van der Waals surface area contributed by atoms with E-state index in [-0.39, 0.29) is 19.5 Å². The average Bonchev–Trinajstić information content (AvgIpc) is 4.14. The van der Waals surface area contributed by atoms with Gasteiger partial charge >= 0.3 is 19.5 Å². The summed E-state index contributed by atoms with van der Waals surface area (Å²) in [6, 6.07) is 78.0. The summed E-state index contributed by atoms with van der Waals surface area (Å²) in [6.07, 6.45) is 0. The Bertz CT molecular complexity index is 3320. The average molecular weight is 880 g/mol. The topological polar surface area (TPSA) is 57.4 Å². The normalized spacial score (nSPS) is 11.6. The van der Waals surface area contributed by atoms with Gasteiger partial charge in [0, 0.05) is 66.1 Å². The summed E-state index contributed by atoms with van der Waals surface area (Å²) in [5, 5.41) is 4.45. The van der Waals surface area contributed by atoms with Crippen LogP contribution in [-0.2, 0) is 19.5 Å². The zero-order chi connectivity index (χ0) is 42.1. The van der Waals surface area contributed by atoms with Gasteiger partial charge in [-0.05, 0) is 22.3 Å². The Hall–Kier alpha value is -7.98. The van der Waals surface area contributed by atoms with Crippen molar-refractivity contribution in [2.75, 3.05) is 0 Å². The molecule has 0 fully saturated rings. The second kappa shape index (κ2) is 15.7. The molecule has 3 aliphatic rings. The summed E-state index contributed by atoms with van der Waals surface area (Å²) < 4.78 is 0. The molecule has 298 valence electrons. The molecular weight excluding hydrogens is 842 g/mol. The van der Waals surface area contributed by atoms with Crippen LogP contribution in [0.2, 0.25) is 0 Å². The van der Waals surface area contributed by atoms with Gasteiger partial charge in [-0.1, -0.05) is 218 Å². The molecule has 0 spiro atoms. The maximum atomic E-state index is 5.89. The number of hydrogen-bond donors (Lipinski definition) is 2. The van der Waals surface area contributed by atoms with Crippen molar-refractivity contribution < 1.29 is 19.5 Å². The van der Waals surface area contributed by atoms with Gasteiger partial charge in [0.25, 0.3) is 0 Å². The molecule has 4 heterocycles. The van der Waals surface area contributed by atoms with Gasteiger partial charge < -0.3 is 9.97 Å². The van der Waals surface area contributed by atoms with Crippen LogP contribution in [0.1, 0.15) is 0 Å². The molecule has 2 aromatic heterocycles. The molecule has 8 bridgehead atoms. The van der Waals surface area contributed by atoms with E-state index in [4.69, 9.17) is 9.97 Å². The first-order valence-corrected chi connectivity index (χ1v) is 21.8. The van der Waals surface area contributed by atoms with Crippen molar-refractivity contribution in [3.63, 3.8) is 0 Å². The molecule has 0 unspecified atom stereocenters. The quantitative estimate of drug-likeness (QED) is 0.173. The Balaban J connectivity index is 0.00000444. The fourth-order valence-corrected chi connectivity index (χ4v) is 10.2. The van der Waals surface area contributed by atoms with Gasteiger partial charge in [0.1, 0.15) is 0 Å². The Morgan fingerprint density at radius 2 is 0.431 bits per heavy atom. The third kappa shape index (κ3) is 6.08. The summed E-state index contributed by atoms with van der Waals surface area (Å²) >= 11 is 0. The van der Waals surface area contributed by atoms with Crippen LogP contribution in [0.15, 0.2) is 218 Å². The van der Waals surface area contributed by atoms with E-state index in [1.165, 1.54) is 0 Å². The fourth-order valence-electron chi connectivity index (χ4n) is 10.2. The van der Waals surface area contributed by atoms with Crippen LogP contribution in [0.4, 0.5) is 0 Å². The first-order chi connectivity index (χ1) is 31.8. The molecule has 13 rings (SSSR count). The van der Waals surface area contributed by atoms with Gasteiger partial charge in [0.05, 0.1) is 44.8 Å². The van der Waals surface area contributed by atoms with Crippen molar-refractivity contribution in [2.24, 2.45) is 0 Å². The van der Waals surface area contributed by atoms with E-state index in [0.717, 1.165) is 133 Å². The van der Waals surface area contributed by atoms with Crippen LogP contribution >= 0.6 is 0 Å². The molecule has 0 amide bonds. The number of nitrogens with one attached hydrogen (secondary N) is 2. The second-order valence-corrected chi connectivity index (χ2v) is 16.5. The first-order valence-electron chi connectivity index (χ1n) is 21.8. The molecule has 4 nitrogen and oxygen atoms in total. The number of aromatic nitrogens is 4. The molecule has 10 aromatic rings. The van der Waals surface area contributed by atoms with Crippen LogP contribution < -0.4 is 0 Å². The number of rotatable bonds is 4. The van der Waals surface area contributed by atoms with Crippen LogP contribution in [-0.4, -0.2) is 19.9 Å². The molecule has 1 aliphatic carbocycles. The minimum Gasteiger partial charge on any atom is -0.353 e. The van der Waals surface area contributed by atoms with Crippen molar-refractivity contribution in [1.82, 2.24) is 19.9 Å². The van der Waals surface area contributed by atoms with Crippen molar-refractivity contribution in [2.45, 2.75) is 0 Å². The van der Waals surface area contributed by atoms with E-state index in [0.29, 0.717) is 0 Å². The summed E-state index contributed by atoms with van der Waals surface area (Å²) in [4.78, 5) is 20.0. The maximum absolute atomic E-state index is 5.89. The van der Waals surface area contributed by atoms with Crippen LogP contribution in [0.5, 0.6) is 0 Å². The van der Waals surface area contributed by atoms with E-state index < -0.39 is 0 Å². The number of aromatic amines is 2. The van der Waals surface area contributed by atoms with Crippen LogP contribution in [0.25, 0.3) is 133 Å². The molecule has 2 N–H and O–H groups in total. The Kier molecular flexibility index (Phi) is 9.33. The monoisotopic (exact) mass is 878 g/mol. The molecule has 65 heavy (non-hydrogen) atoms. The maximum Gasteiger partial charge on any atom is 2.00 e. The summed E-state index contributed by atoms with van der Waals surface area (Å²) in [7, 11) is 0. The van der Waals surface area contributed by atoms with E-state index >= 15 is 0 Å². The van der Waals surface area contributed by atoms with Gasteiger partial charge in [-0.2, -0.15) is 0 Å². The fraction of sp³-hybridized carbons (Fsp3) is 0. The van der Waals surface area contributed by atoms with Gasteiger partial charge in [-0.15, -0.1) is 0 Å². The third-order valence-corrected chi connectivity index (χ3v) is 13.0. The number of hydrogen-bond acceptors (Lipinski definition) is 2. The van der Waals surface area contributed by atoms with Gasteiger partial charge in [-0.25, -0.2) is 9.97 Å². The smallest absolute Gasteiger partial charge is 0.353 e. The van der Waals surface area contributed by atoms with Crippen molar-refractivity contribution in [3.8, 4) is 89.5 Å². The molecular formula is C60H38N4Zn+2. The molecule has 0 atom stereocenters. The summed E-state index contributed by atoms with van der Waals surface area (Å²) in [6.45, 7) is 0. The Morgan fingerprint density at radius 1 is 0.231 bits per heavy atom. The SMILES string of the molecule is [Zn+2].c1ccc(-c2c3nc(c(-c4ccccc4)c4[nH]c(c(-c5ccccc5)c5nc(c(-c6ccccc6)c6[nH]c2c2ccccc62)-c2ccccc2-5)c2ccccc42)-c2ccccc2-3)cc1. The van der Waals surface area contributed by atoms with E-state index in [1.807, 2.05) is 0 Å². The second-order valence-electron chi connectivity index (χ2n) is 16.5. The van der Waals surface area contributed by atoms with Crippen LogP contribution in [0.3, 0.4) is 0 Å².